The Balaban J connectivity index is 1.93. The molecule has 1 amide bonds. The summed E-state index contributed by atoms with van der Waals surface area (Å²) in [6.45, 7) is 3.00. The maximum absolute atomic E-state index is 13.1. The summed E-state index contributed by atoms with van der Waals surface area (Å²) in [6, 6.07) is 6.28. The van der Waals surface area contributed by atoms with Crippen molar-refractivity contribution in [1.29, 1.82) is 0 Å². The molecule has 1 aromatic carbocycles. The van der Waals surface area contributed by atoms with Gasteiger partial charge in [-0.05, 0) is 37.6 Å². The smallest absolute Gasteiger partial charge is 0.407 e. The molecule has 2 heterocycles. The highest BCUT2D eigenvalue weighted by molar-refractivity contribution is 7.12. The Morgan fingerprint density at radius 2 is 2.14 bits per heavy atom. The number of carboxylic acid groups (broad SMARTS) is 1. The molecule has 1 aliphatic heterocycles. The van der Waals surface area contributed by atoms with Crippen LogP contribution in [0, 0.1) is 12.7 Å². The molecule has 0 aliphatic carbocycles. The van der Waals surface area contributed by atoms with Crippen LogP contribution in [-0.4, -0.2) is 34.2 Å². The highest BCUT2D eigenvalue weighted by atomic mass is 32.1. The monoisotopic (exact) mass is 306 g/mol. The summed E-state index contributed by atoms with van der Waals surface area (Å²) in [5.41, 5.74) is 1.74. The summed E-state index contributed by atoms with van der Waals surface area (Å²) >= 11 is 1.60. The van der Waals surface area contributed by atoms with Crippen molar-refractivity contribution in [2.75, 3.05) is 13.1 Å². The van der Waals surface area contributed by atoms with Crippen LogP contribution < -0.4 is 0 Å². The van der Waals surface area contributed by atoms with Crippen LogP contribution in [0.2, 0.25) is 0 Å². The van der Waals surface area contributed by atoms with Gasteiger partial charge in [-0.2, -0.15) is 0 Å². The SMILES string of the molecule is Cc1nc(-c2ccc(F)cc2)c(C2CCN(C(=O)O)C2)s1. The van der Waals surface area contributed by atoms with Crippen LogP contribution in [0.15, 0.2) is 24.3 Å². The summed E-state index contributed by atoms with van der Waals surface area (Å²) in [4.78, 5) is 18.1. The first-order chi connectivity index (χ1) is 10.0. The first kappa shape index (κ1) is 14.0. The molecule has 6 heteroatoms. The number of aryl methyl sites for hydroxylation is 1. The second-order valence-corrected chi connectivity index (χ2v) is 6.40. The molecule has 21 heavy (non-hydrogen) atoms. The molecular weight excluding hydrogens is 291 g/mol. The van der Waals surface area contributed by atoms with Gasteiger partial charge in [0.25, 0.3) is 0 Å². The Bertz CT molecular complexity index is 669. The van der Waals surface area contributed by atoms with E-state index in [1.54, 1.807) is 23.5 Å². The second kappa shape index (κ2) is 5.44. The third-order valence-electron chi connectivity index (χ3n) is 3.71. The van der Waals surface area contributed by atoms with Gasteiger partial charge in [0.15, 0.2) is 0 Å². The van der Waals surface area contributed by atoms with E-state index in [4.69, 9.17) is 5.11 Å². The Labute approximate surface area is 125 Å². The molecule has 0 bridgehead atoms. The average molecular weight is 306 g/mol. The van der Waals surface area contributed by atoms with E-state index < -0.39 is 6.09 Å². The zero-order valence-electron chi connectivity index (χ0n) is 11.5. The van der Waals surface area contributed by atoms with Crippen LogP contribution in [0.1, 0.15) is 22.2 Å². The molecule has 1 saturated heterocycles. The zero-order chi connectivity index (χ0) is 15.0. The van der Waals surface area contributed by atoms with Crippen molar-refractivity contribution < 1.29 is 14.3 Å². The molecule has 1 unspecified atom stereocenters. The number of rotatable bonds is 2. The van der Waals surface area contributed by atoms with Crippen molar-refractivity contribution >= 4 is 17.4 Å². The Kier molecular flexibility index (Phi) is 3.63. The molecule has 0 saturated carbocycles. The van der Waals surface area contributed by atoms with E-state index in [-0.39, 0.29) is 11.7 Å². The van der Waals surface area contributed by atoms with Crippen LogP contribution in [0.4, 0.5) is 9.18 Å². The lowest BCUT2D eigenvalue weighted by atomic mass is 10.0. The Morgan fingerprint density at radius 3 is 2.76 bits per heavy atom. The van der Waals surface area contributed by atoms with Gasteiger partial charge in [-0.3, -0.25) is 0 Å². The zero-order valence-corrected chi connectivity index (χ0v) is 12.4. The summed E-state index contributed by atoms with van der Waals surface area (Å²) in [7, 11) is 0. The number of amides is 1. The molecule has 3 rings (SSSR count). The maximum Gasteiger partial charge on any atom is 0.407 e. The lowest BCUT2D eigenvalue weighted by molar-refractivity contribution is 0.155. The number of nitrogens with zero attached hydrogens (tertiary/aromatic N) is 2. The summed E-state index contributed by atoms with van der Waals surface area (Å²) < 4.78 is 13.1. The number of aromatic nitrogens is 1. The highest BCUT2D eigenvalue weighted by Crippen LogP contribution is 2.38. The minimum atomic E-state index is -0.873. The second-order valence-electron chi connectivity index (χ2n) is 5.17. The largest absolute Gasteiger partial charge is 0.465 e. The van der Waals surface area contributed by atoms with E-state index in [9.17, 15) is 9.18 Å². The van der Waals surface area contributed by atoms with Gasteiger partial charge in [0.1, 0.15) is 5.82 Å². The van der Waals surface area contributed by atoms with E-state index >= 15 is 0 Å². The van der Waals surface area contributed by atoms with Crippen LogP contribution in [-0.2, 0) is 0 Å². The summed E-state index contributed by atoms with van der Waals surface area (Å²) in [5, 5.41) is 10.0. The molecule has 2 aromatic rings. The fourth-order valence-electron chi connectivity index (χ4n) is 2.68. The first-order valence-corrected chi connectivity index (χ1v) is 7.57. The highest BCUT2D eigenvalue weighted by Gasteiger charge is 2.30. The fourth-order valence-corrected chi connectivity index (χ4v) is 3.76. The Hall–Kier alpha value is -1.95. The van der Waals surface area contributed by atoms with Gasteiger partial charge in [-0.25, -0.2) is 14.2 Å². The van der Waals surface area contributed by atoms with E-state index in [0.29, 0.717) is 13.1 Å². The molecule has 4 nitrogen and oxygen atoms in total. The summed E-state index contributed by atoms with van der Waals surface area (Å²) in [5.74, 6) is -0.0995. The van der Waals surface area contributed by atoms with Crippen molar-refractivity contribution in [1.82, 2.24) is 9.88 Å². The van der Waals surface area contributed by atoms with Crippen molar-refractivity contribution in [3.63, 3.8) is 0 Å². The van der Waals surface area contributed by atoms with Gasteiger partial charge < -0.3 is 10.0 Å². The third kappa shape index (κ3) is 2.76. The maximum atomic E-state index is 13.1. The molecule has 1 aliphatic rings. The minimum Gasteiger partial charge on any atom is -0.465 e. The molecule has 0 spiro atoms. The lowest BCUT2D eigenvalue weighted by Gasteiger charge is -2.12. The van der Waals surface area contributed by atoms with Crippen LogP contribution in [0.25, 0.3) is 11.3 Å². The number of hydrogen-bond donors (Lipinski definition) is 1. The van der Waals surface area contributed by atoms with Crippen LogP contribution in [0.5, 0.6) is 0 Å². The number of likely N-dealkylation sites (tertiary alicyclic amines) is 1. The number of carbonyl (C=O) groups is 1. The van der Waals surface area contributed by atoms with Crippen molar-refractivity contribution in [3.05, 3.63) is 40.0 Å². The molecule has 1 atom stereocenters. The van der Waals surface area contributed by atoms with Crippen molar-refractivity contribution in [3.8, 4) is 11.3 Å². The molecule has 1 N–H and O–H groups in total. The lowest BCUT2D eigenvalue weighted by Crippen LogP contribution is -2.26. The number of hydrogen-bond acceptors (Lipinski definition) is 3. The van der Waals surface area contributed by atoms with Gasteiger partial charge in [0.05, 0.1) is 10.7 Å². The molecule has 110 valence electrons. The van der Waals surface area contributed by atoms with Gasteiger partial charge >= 0.3 is 6.09 Å². The average Bonchev–Trinajstić information content (AvgIpc) is 3.06. The van der Waals surface area contributed by atoms with Gasteiger partial charge in [0.2, 0.25) is 0 Å². The van der Waals surface area contributed by atoms with Gasteiger partial charge in [-0.1, -0.05) is 0 Å². The van der Waals surface area contributed by atoms with Crippen molar-refractivity contribution in [2.45, 2.75) is 19.3 Å². The predicted molar refractivity (Wildman–Crippen MR) is 79.2 cm³/mol. The van der Waals surface area contributed by atoms with E-state index in [0.717, 1.165) is 27.6 Å². The van der Waals surface area contributed by atoms with Gasteiger partial charge in [-0.15, -0.1) is 11.3 Å². The summed E-state index contributed by atoms with van der Waals surface area (Å²) in [6.07, 6.45) is -0.0654. The topological polar surface area (TPSA) is 53.4 Å². The first-order valence-electron chi connectivity index (χ1n) is 6.75. The number of halogens is 1. The molecule has 1 aromatic heterocycles. The minimum absolute atomic E-state index is 0.173. The normalized spacial score (nSPS) is 18.2. The van der Waals surface area contributed by atoms with E-state index in [1.165, 1.54) is 17.0 Å². The Morgan fingerprint density at radius 1 is 1.43 bits per heavy atom. The molecule has 1 fully saturated rings. The molecule has 0 radical (unpaired) electrons. The molecular formula is C15H15FN2O2S. The van der Waals surface area contributed by atoms with E-state index in [1.807, 2.05) is 6.92 Å². The van der Waals surface area contributed by atoms with Gasteiger partial charge in [0, 0.05) is 29.4 Å². The third-order valence-corrected chi connectivity index (χ3v) is 4.84. The van der Waals surface area contributed by atoms with Crippen LogP contribution >= 0.6 is 11.3 Å². The number of benzene rings is 1. The van der Waals surface area contributed by atoms with Crippen LogP contribution in [0.3, 0.4) is 0 Å². The fraction of sp³-hybridized carbons (Fsp3) is 0.333. The number of thiazole rings is 1. The van der Waals surface area contributed by atoms with Crippen molar-refractivity contribution in [2.24, 2.45) is 0 Å². The predicted octanol–water partition coefficient (Wildman–Crippen LogP) is 3.72. The quantitative estimate of drug-likeness (QED) is 0.920. The van der Waals surface area contributed by atoms with E-state index in [2.05, 4.69) is 4.98 Å². The standard InChI is InChI=1S/C15H15FN2O2S/c1-9-17-13(10-2-4-12(16)5-3-10)14(21-9)11-6-7-18(8-11)15(19)20/h2-5,11H,6-8H2,1H3,(H,19,20).